The van der Waals surface area contributed by atoms with Gasteiger partial charge in [-0.15, -0.1) is 0 Å². The minimum atomic E-state index is -0.659. The minimum absolute atomic E-state index is 0.176. The van der Waals surface area contributed by atoms with Crippen LogP contribution < -0.4 is 5.73 Å². The molecule has 0 fully saturated rings. The number of rotatable bonds is 3. The van der Waals surface area contributed by atoms with Crippen LogP contribution in [0.4, 0.5) is 13.2 Å². The van der Waals surface area contributed by atoms with Crippen LogP contribution in [-0.2, 0) is 6.42 Å². The molecule has 0 heterocycles. The highest BCUT2D eigenvalue weighted by Gasteiger charge is 2.16. The van der Waals surface area contributed by atoms with Crippen LogP contribution in [0.15, 0.2) is 30.3 Å². The summed E-state index contributed by atoms with van der Waals surface area (Å²) in [6, 6.07) is 5.83. The molecule has 1 atom stereocenters. The molecule has 0 aliphatic carbocycles. The number of hydrogen-bond acceptors (Lipinski definition) is 1. The van der Waals surface area contributed by atoms with E-state index in [1.54, 1.807) is 13.8 Å². The molecule has 0 saturated heterocycles. The van der Waals surface area contributed by atoms with Crippen molar-refractivity contribution in [3.63, 3.8) is 0 Å². The molecule has 2 aromatic rings. The third kappa shape index (κ3) is 3.20. The van der Waals surface area contributed by atoms with E-state index >= 15 is 0 Å². The third-order valence-corrected chi connectivity index (χ3v) is 3.23. The lowest BCUT2D eigenvalue weighted by Crippen LogP contribution is -2.17. The molecule has 0 radical (unpaired) electrons. The van der Waals surface area contributed by atoms with E-state index in [1.165, 1.54) is 18.2 Å². The van der Waals surface area contributed by atoms with E-state index in [-0.39, 0.29) is 12.2 Å². The van der Waals surface area contributed by atoms with E-state index in [1.807, 2.05) is 6.07 Å². The Balaban J connectivity index is 2.30. The summed E-state index contributed by atoms with van der Waals surface area (Å²) < 4.78 is 40.3. The molecule has 2 N–H and O–H groups in total. The maximum atomic E-state index is 14.0. The maximum Gasteiger partial charge on any atom is 0.128 e. The first-order chi connectivity index (χ1) is 9.36. The van der Waals surface area contributed by atoms with E-state index < -0.39 is 17.7 Å². The molecule has 0 bridgehead atoms. The summed E-state index contributed by atoms with van der Waals surface area (Å²) in [6.07, 6.45) is 0.176. The summed E-state index contributed by atoms with van der Waals surface area (Å²) in [7, 11) is 0. The molecular formula is C16H16F3N. The Kier molecular flexibility index (Phi) is 4.14. The Morgan fingerprint density at radius 2 is 1.55 bits per heavy atom. The van der Waals surface area contributed by atoms with Gasteiger partial charge < -0.3 is 5.73 Å². The van der Waals surface area contributed by atoms with Gasteiger partial charge in [-0.3, -0.25) is 0 Å². The van der Waals surface area contributed by atoms with E-state index in [4.69, 9.17) is 5.73 Å². The van der Waals surface area contributed by atoms with Crippen LogP contribution in [0.1, 0.15) is 28.3 Å². The van der Waals surface area contributed by atoms with Gasteiger partial charge in [0.2, 0.25) is 0 Å². The first-order valence-corrected chi connectivity index (χ1v) is 6.34. The van der Waals surface area contributed by atoms with Crippen molar-refractivity contribution in [3.05, 3.63) is 70.0 Å². The highest BCUT2D eigenvalue weighted by Crippen LogP contribution is 2.24. The predicted molar refractivity (Wildman–Crippen MR) is 72.9 cm³/mol. The quantitative estimate of drug-likeness (QED) is 0.904. The van der Waals surface area contributed by atoms with Crippen LogP contribution in [0.5, 0.6) is 0 Å². The van der Waals surface area contributed by atoms with Gasteiger partial charge >= 0.3 is 0 Å². The monoisotopic (exact) mass is 279 g/mol. The number of halogens is 3. The number of benzene rings is 2. The Bertz CT molecular complexity index is 594. The van der Waals surface area contributed by atoms with E-state index in [9.17, 15) is 13.2 Å². The first kappa shape index (κ1) is 14.6. The smallest absolute Gasteiger partial charge is 0.128 e. The van der Waals surface area contributed by atoms with Crippen LogP contribution in [0, 0.1) is 31.3 Å². The standard InChI is InChI=1S/C16H16F3N/c1-9-3-10(2)16(14(19)4-9)15(20)7-11-5-12(17)8-13(18)6-11/h3-6,8,15H,7,20H2,1-2H3. The van der Waals surface area contributed by atoms with E-state index in [0.717, 1.165) is 17.2 Å². The maximum absolute atomic E-state index is 14.0. The molecule has 2 rings (SSSR count). The number of hydrogen-bond donors (Lipinski definition) is 1. The summed E-state index contributed by atoms with van der Waals surface area (Å²) in [4.78, 5) is 0. The second-order valence-corrected chi connectivity index (χ2v) is 5.07. The molecule has 20 heavy (non-hydrogen) atoms. The van der Waals surface area contributed by atoms with E-state index in [0.29, 0.717) is 11.1 Å². The SMILES string of the molecule is Cc1cc(C)c(C(N)Cc2cc(F)cc(F)c2)c(F)c1. The summed E-state index contributed by atoms with van der Waals surface area (Å²) in [5.74, 6) is -1.70. The van der Waals surface area contributed by atoms with Crippen LogP contribution in [-0.4, -0.2) is 0 Å². The largest absolute Gasteiger partial charge is 0.324 e. The van der Waals surface area contributed by atoms with Gasteiger partial charge in [0.05, 0.1) is 0 Å². The molecule has 1 unspecified atom stereocenters. The van der Waals surface area contributed by atoms with Crippen molar-refractivity contribution >= 4 is 0 Å². The molecule has 106 valence electrons. The molecule has 0 aliphatic rings. The molecule has 0 amide bonds. The van der Waals surface area contributed by atoms with Crippen molar-refractivity contribution in [3.8, 4) is 0 Å². The van der Waals surface area contributed by atoms with Crippen LogP contribution in [0.3, 0.4) is 0 Å². The number of nitrogens with two attached hydrogens (primary N) is 1. The Morgan fingerprint density at radius 1 is 0.950 bits per heavy atom. The molecule has 4 heteroatoms. The second-order valence-electron chi connectivity index (χ2n) is 5.07. The van der Waals surface area contributed by atoms with Gasteiger partial charge in [-0.2, -0.15) is 0 Å². The van der Waals surface area contributed by atoms with Gasteiger partial charge in [-0.05, 0) is 55.2 Å². The molecule has 1 nitrogen and oxygen atoms in total. The Morgan fingerprint density at radius 3 is 2.10 bits per heavy atom. The fourth-order valence-electron chi connectivity index (χ4n) is 2.48. The van der Waals surface area contributed by atoms with Crippen molar-refractivity contribution in [1.82, 2.24) is 0 Å². The third-order valence-electron chi connectivity index (χ3n) is 3.23. The van der Waals surface area contributed by atoms with Crippen molar-refractivity contribution in [2.24, 2.45) is 5.73 Å². The van der Waals surface area contributed by atoms with Gasteiger partial charge in [-0.1, -0.05) is 6.07 Å². The lowest BCUT2D eigenvalue weighted by atomic mass is 9.94. The average Bonchev–Trinajstić information content (AvgIpc) is 2.25. The van der Waals surface area contributed by atoms with Crippen LogP contribution >= 0.6 is 0 Å². The summed E-state index contributed by atoms with van der Waals surface area (Å²) >= 11 is 0. The fourth-order valence-corrected chi connectivity index (χ4v) is 2.48. The van der Waals surface area contributed by atoms with Crippen molar-refractivity contribution in [1.29, 1.82) is 0 Å². The highest BCUT2D eigenvalue weighted by molar-refractivity contribution is 5.35. The van der Waals surface area contributed by atoms with Gasteiger partial charge in [0.15, 0.2) is 0 Å². The molecule has 0 aromatic heterocycles. The molecule has 0 spiro atoms. The van der Waals surface area contributed by atoms with Gasteiger partial charge in [0.1, 0.15) is 17.5 Å². The zero-order valence-corrected chi connectivity index (χ0v) is 11.4. The second kappa shape index (κ2) is 5.67. The van der Waals surface area contributed by atoms with Gasteiger partial charge in [0.25, 0.3) is 0 Å². The van der Waals surface area contributed by atoms with Crippen molar-refractivity contribution in [2.45, 2.75) is 26.3 Å². The first-order valence-electron chi connectivity index (χ1n) is 6.34. The average molecular weight is 279 g/mol. The zero-order chi connectivity index (χ0) is 14.9. The zero-order valence-electron chi connectivity index (χ0n) is 11.4. The fraction of sp³-hybridized carbons (Fsp3) is 0.250. The Hall–Kier alpha value is -1.81. The lowest BCUT2D eigenvalue weighted by Gasteiger charge is -2.16. The molecule has 0 saturated carbocycles. The van der Waals surface area contributed by atoms with Crippen LogP contribution in [0.25, 0.3) is 0 Å². The summed E-state index contributed by atoms with van der Waals surface area (Å²) in [5.41, 5.74) is 8.35. The van der Waals surface area contributed by atoms with Crippen molar-refractivity contribution < 1.29 is 13.2 Å². The van der Waals surface area contributed by atoms with Crippen molar-refractivity contribution in [2.75, 3.05) is 0 Å². The predicted octanol–water partition coefficient (Wildman–Crippen LogP) is 3.96. The minimum Gasteiger partial charge on any atom is -0.324 e. The normalized spacial score (nSPS) is 12.5. The molecular weight excluding hydrogens is 263 g/mol. The summed E-state index contributed by atoms with van der Waals surface area (Å²) in [6.45, 7) is 3.57. The van der Waals surface area contributed by atoms with Gasteiger partial charge in [0, 0.05) is 17.7 Å². The molecule has 2 aromatic carbocycles. The lowest BCUT2D eigenvalue weighted by molar-refractivity contribution is 0.564. The number of aryl methyl sites for hydroxylation is 2. The van der Waals surface area contributed by atoms with Crippen LogP contribution in [0.2, 0.25) is 0 Å². The van der Waals surface area contributed by atoms with E-state index in [2.05, 4.69) is 0 Å². The topological polar surface area (TPSA) is 26.0 Å². The van der Waals surface area contributed by atoms with Gasteiger partial charge in [-0.25, -0.2) is 13.2 Å². The highest BCUT2D eigenvalue weighted by atomic mass is 19.1. The molecule has 0 aliphatic heterocycles. The Labute approximate surface area is 116 Å². The summed E-state index contributed by atoms with van der Waals surface area (Å²) in [5, 5.41) is 0.